The van der Waals surface area contributed by atoms with E-state index in [2.05, 4.69) is 0 Å². The van der Waals surface area contributed by atoms with E-state index in [1.54, 1.807) is 12.1 Å². The van der Waals surface area contributed by atoms with Crippen LogP contribution in [-0.2, 0) is 11.2 Å². The van der Waals surface area contributed by atoms with Gasteiger partial charge in [0.05, 0.1) is 26.6 Å². The predicted molar refractivity (Wildman–Crippen MR) is 127 cm³/mol. The van der Waals surface area contributed by atoms with E-state index < -0.39 is 18.6 Å². The molecule has 2 fully saturated rings. The fourth-order valence-electron chi connectivity index (χ4n) is 4.96. The number of rotatable bonds is 10. The summed E-state index contributed by atoms with van der Waals surface area (Å²) in [6.45, 7) is 1.82. The highest BCUT2D eigenvalue weighted by atomic mass is 19.4. The number of carbonyl (C=O) groups is 1. The van der Waals surface area contributed by atoms with Gasteiger partial charge in [-0.15, -0.1) is 0 Å². The number of hydrogen-bond donors (Lipinski definition) is 1. The van der Waals surface area contributed by atoms with Gasteiger partial charge in [0, 0.05) is 24.8 Å². The molecule has 5 nitrogen and oxygen atoms in total. The largest absolute Gasteiger partial charge is 0.497 e. The minimum atomic E-state index is -4.27. The molecule has 1 aliphatic carbocycles. The zero-order valence-corrected chi connectivity index (χ0v) is 19.9. The number of alkyl halides is 3. The Kier molecular flexibility index (Phi) is 7.77. The molecule has 8 heteroatoms. The summed E-state index contributed by atoms with van der Waals surface area (Å²) in [4.78, 5) is 13.3. The van der Waals surface area contributed by atoms with E-state index in [1.165, 1.54) is 13.2 Å². The summed E-state index contributed by atoms with van der Waals surface area (Å²) in [6.07, 6.45) is -1.34. The maximum absolute atomic E-state index is 13.1. The summed E-state index contributed by atoms with van der Waals surface area (Å²) in [6, 6.07) is 12.5. The van der Waals surface area contributed by atoms with Gasteiger partial charge >= 0.3 is 12.1 Å². The van der Waals surface area contributed by atoms with E-state index in [1.807, 2.05) is 29.2 Å². The molecule has 190 valence electrons. The summed E-state index contributed by atoms with van der Waals surface area (Å²) in [5, 5.41) is 9.27. The van der Waals surface area contributed by atoms with Crippen molar-refractivity contribution in [2.45, 2.75) is 50.6 Å². The van der Waals surface area contributed by atoms with Crippen LogP contribution in [0.1, 0.15) is 49.1 Å². The van der Waals surface area contributed by atoms with Crippen molar-refractivity contribution in [1.82, 2.24) is 0 Å². The molecule has 1 N–H and O–H groups in total. The van der Waals surface area contributed by atoms with Crippen LogP contribution in [0.3, 0.4) is 0 Å². The van der Waals surface area contributed by atoms with Crippen LogP contribution in [0.2, 0.25) is 0 Å². The molecule has 0 bridgehead atoms. The van der Waals surface area contributed by atoms with Gasteiger partial charge in [-0.3, -0.25) is 4.79 Å². The van der Waals surface area contributed by atoms with Crippen LogP contribution in [-0.4, -0.2) is 44.1 Å². The molecular formula is C27H32F3NO4. The number of methoxy groups -OCH3 is 1. The Labute approximate surface area is 203 Å². The zero-order chi connectivity index (χ0) is 25.0. The van der Waals surface area contributed by atoms with E-state index in [4.69, 9.17) is 9.47 Å². The SMILES string of the molecule is COc1ccc(CC(F)(F)F)c(N2CCC(COc3cccc(C(CC(=O)O)C4CC4)c3)CC2)c1. The number of carboxylic acid groups (broad SMARTS) is 1. The number of ether oxygens (including phenoxy) is 2. The fourth-order valence-corrected chi connectivity index (χ4v) is 4.96. The number of benzene rings is 2. The molecule has 2 aliphatic rings. The maximum Gasteiger partial charge on any atom is 0.393 e. The van der Waals surface area contributed by atoms with Crippen molar-refractivity contribution in [2.75, 3.05) is 31.7 Å². The Bertz CT molecular complexity index is 1010. The van der Waals surface area contributed by atoms with E-state index in [0.717, 1.165) is 37.0 Å². The number of carboxylic acids is 1. The third kappa shape index (κ3) is 7.05. The Balaban J connectivity index is 1.35. The predicted octanol–water partition coefficient (Wildman–Crippen LogP) is 6.06. The number of aliphatic carboxylic acids is 1. The third-order valence-corrected chi connectivity index (χ3v) is 7.00. The second kappa shape index (κ2) is 10.8. The fraction of sp³-hybridized carbons (Fsp3) is 0.519. The van der Waals surface area contributed by atoms with Crippen LogP contribution in [0.4, 0.5) is 18.9 Å². The standard InChI is InChI=1S/C27H32F3NO4/c1-34-22-8-7-21(16-27(28,29)30)25(14-22)31-11-9-18(10-12-31)17-35-23-4-2-3-20(13-23)24(15-26(32)33)19-5-6-19/h2-4,7-8,13-14,18-19,24H,5-6,9-12,15-17H2,1H3,(H,32,33). The molecule has 1 atom stereocenters. The Morgan fingerprint density at radius 3 is 2.46 bits per heavy atom. The lowest BCUT2D eigenvalue weighted by atomic mass is 9.91. The number of anilines is 1. The minimum Gasteiger partial charge on any atom is -0.497 e. The van der Waals surface area contributed by atoms with Gasteiger partial charge in [0.15, 0.2) is 0 Å². The van der Waals surface area contributed by atoms with Crippen molar-refractivity contribution in [3.63, 3.8) is 0 Å². The number of halogens is 3. The van der Waals surface area contributed by atoms with Gasteiger partial charge in [-0.2, -0.15) is 13.2 Å². The molecule has 1 saturated heterocycles. The lowest BCUT2D eigenvalue weighted by Crippen LogP contribution is -2.36. The first-order valence-electron chi connectivity index (χ1n) is 12.1. The molecule has 1 aliphatic heterocycles. The van der Waals surface area contributed by atoms with Gasteiger partial charge in [-0.25, -0.2) is 0 Å². The first-order chi connectivity index (χ1) is 16.7. The van der Waals surface area contributed by atoms with Crippen molar-refractivity contribution >= 4 is 11.7 Å². The average molecular weight is 492 g/mol. The zero-order valence-electron chi connectivity index (χ0n) is 19.9. The van der Waals surface area contributed by atoms with Crippen LogP contribution >= 0.6 is 0 Å². The molecule has 1 unspecified atom stereocenters. The molecule has 2 aromatic carbocycles. The molecule has 4 rings (SSSR count). The highest BCUT2D eigenvalue weighted by molar-refractivity contribution is 5.68. The molecule has 0 aromatic heterocycles. The summed E-state index contributed by atoms with van der Waals surface area (Å²) in [7, 11) is 1.51. The first kappa shape index (κ1) is 25.2. The highest BCUT2D eigenvalue weighted by Gasteiger charge is 2.34. The van der Waals surface area contributed by atoms with E-state index >= 15 is 0 Å². The summed E-state index contributed by atoms with van der Waals surface area (Å²) in [5.74, 6) is 1.25. The Hall–Kier alpha value is -2.90. The summed E-state index contributed by atoms with van der Waals surface area (Å²) in [5.41, 5.74) is 1.85. The first-order valence-corrected chi connectivity index (χ1v) is 12.1. The number of hydrogen-bond acceptors (Lipinski definition) is 4. The monoisotopic (exact) mass is 491 g/mol. The van der Waals surface area contributed by atoms with Crippen LogP contribution in [0.5, 0.6) is 11.5 Å². The summed E-state index contributed by atoms with van der Waals surface area (Å²) < 4.78 is 50.6. The molecule has 0 spiro atoms. The van der Waals surface area contributed by atoms with Gasteiger partial charge in [0.2, 0.25) is 0 Å². The van der Waals surface area contributed by atoms with Crippen LogP contribution in [0, 0.1) is 11.8 Å². The quantitative estimate of drug-likeness (QED) is 0.438. The molecule has 1 heterocycles. The lowest BCUT2D eigenvalue weighted by molar-refractivity contribution is -0.137. The molecule has 0 radical (unpaired) electrons. The average Bonchev–Trinajstić information content (AvgIpc) is 3.66. The Morgan fingerprint density at radius 1 is 1.09 bits per heavy atom. The van der Waals surface area contributed by atoms with Gasteiger partial charge < -0.3 is 19.5 Å². The maximum atomic E-state index is 13.1. The van der Waals surface area contributed by atoms with Gasteiger partial charge in [0.1, 0.15) is 11.5 Å². The van der Waals surface area contributed by atoms with E-state index in [9.17, 15) is 23.1 Å². The number of piperidine rings is 1. The number of nitrogens with zero attached hydrogens (tertiary/aromatic N) is 1. The lowest BCUT2D eigenvalue weighted by Gasteiger charge is -2.35. The van der Waals surface area contributed by atoms with Crippen molar-refractivity contribution in [3.8, 4) is 11.5 Å². The van der Waals surface area contributed by atoms with Crippen LogP contribution < -0.4 is 14.4 Å². The van der Waals surface area contributed by atoms with Crippen LogP contribution in [0.25, 0.3) is 0 Å². The molecule has 1 saturated carbocycles. The van der Waals surface area contributed by atoms with Gasteiger partial charge in [-0.05, 0) is 72.8 Å². The van der Waals surface area contributed by atoms with Gasteiger partial charge in [0.25, 0.3) is 0 Å². The van der Waals surface area contributed by atoms with Crippen molar-refractivity contribution in [3.05, 3.63) is 53.6 Å². The van der Waals surface area contributed by atoms with Gasteiger partial charge in [-0.1, -0.05) is 18.2 Å². The van der Waals surface area contributed by atoms with Crippen molar-refractivity contribution in [1.29, 1.82) is 0 Å². The van der Waals surface area contributed by atoms with Crippen molar-refractivity contribution < 1.29 is 32.5 Å². The van der Waals surface area contributed by atoms with E-state index in [0.29, 0.717) is 43.0 Å². The minimum absolute atomic E-state index is 0.0213. The second-order valence-corrected chi connectivity index (χ2v) is 9.64. The van der Waals surface area contributed by atoms with Crippen LogP contribution in [0.15, 0.2) is 42.5 Å². The van der Waals surface area contributed by atoms with Crippen molar-refractivity contribution in [2.24, 2.45) is 11.8 Å². The van der Waals surface area contributed by atoms with E-state index in [-0.39, 0.29) is 17.9 Å². The Morgan fingerprint density at radius 2 is 1.83 bits per heavy atom. The smallest absolute Gasteiger partial charge is 0.393 e. The highest BCUT2D eigenvalue weighted by Crippen LogP contribution is 2.45. The topological polar surface area (TPSA) is 59.0 Å². The molecule has 0 amide bonds. The molecule has 2 aromatic rings. The molecular weight excluding hydrogens is 459 g/mol. The molecule has 35 heavy (non-hydrogen) atoms. The third-order valence-electron chi connectivity index (χ3n) is 7.00. The normalized spacial score (nSPS) is 17.8. The second-order valence-electron chi connectivity index (χ2n) is 9.64. The summed E-state index contributed by atoms with van der Waals surface area (Å²) >= 11 is 0.